The number of fused-ring (bicyclic) bond motifs is 1. The summed E-state index contributed by atoms with van der Waals surface area (Å²) in [7, 11) is 0. The van der Waals surface area contributed by atoms with Gasteiger partial charge in [0.1, 0.15) is 11.4 Å². The number of hydrogen-bond donors (Lipinski definition) is 1. The molecule has 28 heavy (non-hydrogen) atoms. The Morgan fingerprint density at radius 2 is 2.11 bits per heavy atom. The number of nitrogens with one attached hydrogen (secondary N) is 1. The van der Waals surface area contributed by atoms with Crippen LogP contribution in [0.4, 0.5) is 5.69 Å². The Hall–Kier alpha value is -2.18. The molecule has 2 atom stereocenters. The highest BCUT2D eigenvalue weighted by Gasteiger charge is 2.53. The van der Waals surface area contributed by atoms with E-state index in [1.807, 2.05) is 38.3 Å². The highest BCUT2D eigenvalue weighted by molar-refractivity contribution is 8.03. The van der Waals surface area contributed by atoms with E-state index >= 15 is 0 Å². The third kappa shape index (κ3) is 3.98. The van der Waals surface area contributed by atoms with Crippen LogP contribution in [0.5, 0.6) is 0 Å². The summed E-state index contributed by atoms with van der Waals surface area (Å²) in [6.45, 7) is 5.23. The van der Waals surface area contributed by atoms with E-state index in [1.54, 1.807) is 16.7 Å². The lowest BCUT2D eigenvalue weighted by Crippen LogP contribution is -2.47. The number of nitriles is 1. The van der Waals surface area contributed by atoms with Gasteiger partial charge in [0.25, 0.3) is 5.91 Å². The second-order valence-corrected chi connectivity index (χ2v) is 9.41. The zero-order chi connectivity index (χ0) is 20.5. The molecule has 2 aliphatic rings. The number of anilines is 1. The summed E-state index contributed by atoms with van der Waals surface area (Å²) in [6.07, 6.45) is 1.16. The number of ether oxygens (including phenoxy) is 1. The summed E-state index contributed by atoms with van der Waals surface area (Å²) in [4.78, 5) is 38.9. The summed E-state index contributed by atoms with van der Waals surface area (Å²) >= 11 is 2.64. The van der Waals surface area contributed by atoms with Gasteiger partial charge in [0.2, 0.25) is 5.91 Å². The van der Waals surface area contributed by atoms with E-state index in [1.165, 1.54) is 0 Å². The van der Waals surface area contributed by atoms with E-state index in [9.17, 15) is 14.4 Å². The van der Waals surface area contributed by atoms with Gasteiger partial charge in [-0.2, -0.15) is 5.26 Å². The second kappa shape index (κ2) is 8.05. The average Bonchev–Trinajstić information content (AvgIpc) is 3.12. The number of aryl methyl sites for hydroxylation is 2. The molecular weight excluding hydrogens is 398 g/mol. The third-order valence-electron chi connectivity index (χ3n) is 5.00. The molecule has 3 rings (SSSR count). The van der Waals surface area contributed by atoms with Crippen LogP contribution in [0, 0.1) is 24.5 Å². The van der Waals surface area contributed by atoms with Crippen LogP contribution in [0.3, 0.4) is 0 Å². The van der Waals surface area contributed by atoms with Gasteiger partial charge in [-0.1, -0.05) is 0 Å². The summed E-state index contributed by atoms with van der Waals surface area (Å²) < 4.78 is 5.20. The van der Waals surface area contributed by atoms with Crippen LogP contribution in [0.1, 0.15) is 30.9 Å². The number of esters is 1. The van der Waals surface area contributed by atoms with Crippen molar-refractivity contribution in [1.82, 2.24) is 4.90 Å². The first-order valence-electron chi connectivity index (χ1n) is 8.85. The van der Waals surface area contributed by atoms with Crippen LogP contribution < -0.4 is 5.32 Å². The van der Waals surface area contributed by atoms with Crippen molar-refractivity contribution in [2.45, 2.75) is 49.4 Å². The molecule has 1 aromatic carbocycles. The standard InChI is InChI=1S/C19H21N3O4S2/c1-11-6-13(27-10-20)7-12(2)17(11)21-15(23)8-26-18(25)14-9-28-19(3)5-4-16(24)22(14)19/h6-7,14H,4-5,8-9H2,1-3H3,(H,21,23)/t14-,19-/m1/s1. The summed E-state index contributed by atoms with van der Waals surface area (Å²) in [5.74, 6) is -0.545. The van der Waals surface area contributed by atoms with E-state index in [4.69, 9.17) is 10.00 Å². The van der Waals surface area contributed by atoms with E-state index < -0.39 is 24.5 Å². The molecular formula is C19H21N3O4S2. The molecule has 2 aliphatic heterocycles. The quantitative estimate of drug-likeness (QED) is 0.445. The van der Waals surface area contributed by atoms with Gasteiger partial charge >= 0.3 is 5.97 Å². The lowest BCUT2D eigenvalue weighted by Gasteiger charge is -2.29. The molecule has 0 bridgehead atoms. The predicted octanol–water partition coefficient (Wildman–Crippen LogP) is 2.81. The Bertz CT molecular complexity index is 859. The number of hydrogen-bond acceptors (Lipinski definition) is 7. The van der Waals surface area contributed by atoms with Crippen molar-refractivity contribution in [2.75, 3.05) is 17.7 Å². The van der Waals surface area contributed by atoms with Gasteiger partial charge < -0.3 is 15.0 Å². The monoisotopic (exact) mass is 419 g/mol. The SMILES string of the molecule is Cc1cc(SC#N)cc(C)c1NC(=O)COC(=O)[C@H]1CS[C@]2(C)CCC(=O)N12. The van der Waals surface area contributed by atoms with E-state index in [0.29, 0.717) is 17.9 Å². The molecule has 148 valence electrons. The van der Waals surface area contributed by atoms with Crippen molar-refractivity contribution in [3.63, 3.8) is 0 Å². The van der Waals surface area contributed by atoms with Gasteiger partial charge in [-0.15, -0.1) is 11.8 Å². The van der Waals surface area contributed by atoms with E-state index in [0.717, 1.165) is 34.2 Å². The topological polar surface area (TPSA) is 99.5 Å². The minimum atomic E-state index is -0.636. The molecule has 2 saturated heterocycles. The van der Waals surface area contributed by atoms with Crippen molar-refractivity contribution in [3.05, 3.63) is 23.3 Å². The zero-order valence-electron chi connectivity index (χ0n) is 15.9. The molecule has 0 unspecified atom stereocenters. The molecule has 0 aromatic heterocycles. The van der Waals surface area contributed by atoms with Crippen LogP contribution in [0.2, 0.25) is 0 Å². The first kappa shape index (κ1) is 20.6. The molecule has 2 amide bonds. The van der Waals surface area contributed by atoms with Gasteiger partial charge in [-0.3, -0.25) is 9.59 Å². The maximum Gasteiger partial charge on any atom is 0.330 e. The zero-order valence-corrected chi connectivity index (χ0v) is 17.5. The van der Waals surface area contributed by atoms with Crippen LogP contribution >= 0.6 is 23.5 Å². The van der Waals surface area contributed by atoms with E-state index in [2.05, 4.69) is 5.32 Å². The fourth-order valence-corrected chi connectivity index (χ4v) is 5.63. The molecule has 0 spiro atoms. The molecule has 2 fully saturated rings. The summed E-state index contributed by atoms with van der Waals surface area (Å²) in [5, 5.41) is 13.6. The second-order valence-electron chi connectivity index (χ2n) is 7.05. The Kier molecular flexibility index (Phi) is 5.91. The van der Waals surface area contributed by atoms with Gasteiger partial charge in [-0.25, -0.2) is 4.79 Å². The lowest BCUT2D eigenvalue weighted by molar-refractivity contribution is -0.155. The molecule has 9 heteroatoms. The number of amides is 2. The third-order valence-corrected chi connectivity index (χ3v) is 7.06. The maximum absolute atomic E-state index is 12.4. The van der Waals surface area contributed by atoms with Crippen molar-refractivity contribution >= 4 is 47.0 Å². The number of benzene rings is 1. The molecule has 2 heterocycles. The number of thiocyanates is 1. The highest BCUT2D eigenvalue weighted by Crippen LogP contribution is 2.47. The largest absolute Gasteiger partial charge is 0.454 e. The van der Waals surface area contributed by atoms with Crippen LogP contribution in [0.25, 0.3) is 0 Å². The lowest BCUT2D eigenvalue weighted by atomic mass is 10.1. The summed E-state index contributed by atoms with van der Waals surface area (Å²) in [6, 6.07) is 3.00. The number of carbonyl (C=O) groups is 3. The molecule has 7 nitrogen and oxygen atoms in total. The average molecular weight is 420 g/mol. The molecule has 0 aliphatic carbocycles. The predicted molar refractivity (Wildman–Crippen MR) is 108 cm³/mol. The minimum absolute atomic E-state index is 0.0412. The maximum atomic E-state index is 12.4. The van der Waals surface area contributed by atoms with E-state index in [-0.39, 0.29) is 10.8 Å². The van der Waals surface area contributed by atoms with Crippen molar-refractivity contribution in [1.29, 1.82) is 5.26 Å². The number of rotatable bonds is 5. The van der Waals surface area contributed by atoms with Crippen molar-refractivity contribution in [3.8, 4) is 5.40 Å². The Morgan fingerprint density at radius 3 is 2.75 bits per heavy atom. The fraction of sp³-hybridized carbons (Fsp3) is 0.474. The molecule has 1 N–H and O–H groups in total. The van der Waals surface area contributed by atoms with Crippen LogP contribution in [0.15, 0.2) is 17.0 Å². The summed E-state index contributed by atoms with van der Waals surface area (Å²) in [5.41, 5.74) is 2.29. The van der Waals surface area contributed by atoms with Crippen molar-refractivity contribution < 1.29 is 19.1 Å². The Labute approximate surface area is 172 Å². The number of carbonyl (C=O) groups excluding carboxylic acids is 3. The Balaban J connectivity index is 1.59. The smallest absolute Gasteiger partial charge is 0.330 e. The normalized spacial score (nSPS) is 23.3. The molecule has 0 radical (unpaired) electrons. The Morgan fingerprint density at radius 1 is 1.43 bits per heavy atom. The first-order chi connectivity index (χ1) is 13.2. The molecule has 1 aromatic rings. The molecule has 0 saturated carbocycles. The highest BCUT2D eigenvalue weighted by atomic mass is 32.2. The van der Waals surface area contributed by atoms with Gasteiger partial charge in [0.05, 0.1) is 4.87 Å². The number of thioether (sulfide) groups is 2. The van der Waals surface area contributed by atoms with Gasteiger partial charge in [-0.05, 0) is 62.2 Å². The number of nitrogens with zero attached hydrogens (tertiary/aromatic N) is 2. The minimum Gasteiger partial charge on any atom is -0.454 e. The fourth-order valence-electron chi connectivity index (χ4n) is 3.64. The van der Waals surface area contributed by atoms with Gasteiger partial charge in [0.15, 0.2) is 6.61 Å². The first-order valence-corrected chi connectivity index (χ1v) is 10.6. The van der Waals surface area contributed by atoms with Crippen LogP contribution in [-0.4, -0.2) is 46.0 Å². The van der Waals surface area contributed by atoms with Crippen molar-refractivity contribution in [2.24, 2.45) is 0 Å². The van der Waals surface area contributed by atoms with Gasteiger partial charge in [0, 0.05) is 22.8 Å². The van der Waals surface area contributed by atoms with Crippen LogP contribution in [-0.2, 0) is 19.1 Å².